The highest BCUT2D eigenvalue weighted by Crippen LogP contribution is 2.25. The van der Waals surface area contributed by atoms with Crippen molar-refractivity contribution >= 4 is 17.8 Å². The molecule has 1 N–H and O–H groups in total. The Bertz CT molecular complexity index is 1070. The quantitative estimate of drug-likeness (QED) is 0.371. The third kappa shape index (κ3) is 5.29. The van der Waals surface area contributed by atoms with Gasteiger partial charge in [0.25, 0.3) is 11.6 Å². The zero-order chi connectivity index (χ0) is 20.8. The summed E-state index contributed by atoms with van der Waals surface area (Å²) >= 11 is 0. The fourth-order valence-corrected chi connectivity index (χ4v) is 2.56. The third-order valence-corrected chi connectivity index (χ3v) is 4.05. The van der Waals surface area contributed by atoms with Gasteiger partial charge in [-0.05, 0) is 43.2 Å². The van der Waals surface area contributed by atoms with Crippen LogP contribution in [0.15, 0.2) is 64.1 Å². The normalized spacial score (nSPS) is 10.8. The number of hydrogen-bond acceptors (Lipinski definition) is 6. The number of nitrogens with one attached hydrogen (secondary N) is 1. The molecule has 1 heterocycles. The summed E-state index contributed by atoms with van der Waals surface area (Å²) in [6, 6.07) is 15.2. The molecule has 0 spiro atoms. The molecule has 0 unspecified atom stereocenters. The molecule has 0 bridgehead atoms. The number of hydrogen-bond donors (Lipinski definition) is 1. The second-order valence-electron chi connectivity index (χ2n) is 6.36. The van der Waals surface area contributed by atoms with Crippen molar-refractivity contribution in [2.75, 3.05) is 6.61 Å². The van der Waals surface area contributed by atoms with E-state index in [1.807, 2.05) is 32.0 Å². The Kier molecular flexibility index (Phi) is 6.03. The smallest absolute Gasteiger partial charge is 0.277 e. The third-order valence-electron chi connectivity index (χ3n) is 4.05. The molecule has 0 atom stereocenters. The van der Waals surface area contributed by atoms with Crippen molar-refractivity contribution in [1.82, 2.24) is 5.43 Å². The van der Waals surface area contributed by atoms with E-state index < -0.39 is 10.8 Å². The molecule has 29 heavy (non-hydrogen) atoms. The Morgan fingerprint density at radius 1 is 1.21 bits per heavy atom. The van der Waals surface area contributed by atoms with Crippen molar-refractivity contribution in [3.05, 3.63) is 81.6 Å². The van der Waals surface area contributed by atoms with Crippen molar-refractivity contribution in [3.8, 4) is 17.1 Å². The number of rotatable bonds is 7. The molecule has 0 fully saturated rings. The first kappa shape index (κ1) is 19.8. The standard InChI is InChI=1S/C21H19N3O5/c1-14-6-7-15(2)20(10-14)28-13-21(25)23-22-12-18-8-9-19(29-18)16-4-3-5-17(11-16)24(26)27/h3-12H,13H2,1-2H3,(H,23,25)/b22-12+. The molecule has 1 amide bonds. The summed E-state index contributed by atoms with van der Waals surface area (Å²) in [7, 11) is 0. The number of nitrogens with zero attached hydrogens (tertiary/aromatic N) is 2. The monoisotopic (exact) mass is 393 g/mol. The van der Waals surface area contributed by atoms with Crippen molar-refractivity contribution in [2.24, 2.45) is 5.10 Å². The van der Waals surface area contributed by atoms with E-state index in [1.54, 1.807) is 24.3 Å². The number of nitro benzene ring substituents is 1. The van der Waals surface area contributed by atoms with Crippen molar-refractivity contribution in [2.45, 2.75) is 13.8 Å². The summed E-state index contributed by atoms with van der Waals surface area (Å²) in [5.74, 6) is 1.09. The maximum absolute atomic E-state index is 11.9. The lowest BCUT2D eigenvalue weighted by molar-refractivity contribution is -0.384. The topological polar surface area (TPSA) is 107 Å². The van der Waals surface area contributed by atoms with E-state index in [1.165, 1.54) is 18.3 Å². The molecule has 0 aliphatic rings. The van der Waals surface area contributed by atoms with E-state index in [2.05, 4.69) is 10.5 Å². The Labute approximate surface area is 167 Å². The predicted octanol–water partition coefficient (Wildman–Crippen LogP) is 4.00. The number of carbonyl (C=O) groups is 1. The molecule has 0 radical (unpaired) electrons. The molecule has 1 aromatic heterocycles. The largest absolute Gasteiger partial charge is 0.483 e. The molecule has 0 saturated heterocycles. The van der Waals surface area contributed by atoms with E-state index in [-0.39, 0.29) is 12.3 Å². The molecular weight excluding hydrogens is 374 g/mol. The van der Waals surface area contributed by atoms with E-state index >= 15 is 0 Å². The molecule has 3 aromatic rings. The first-order chi connectivity index (χ1) is 13.9. The van der Waals surface area contributed by atoms with Gasteiger partial charge in [0, 0.05) is 17.7 Å². The molecule has 0 aliphatic heterocycles. The zero-order valence-corrected chi connectivity index (χ0v) is 15.9. The Morgan fingerprint density at radius 3 is 2.83 bits per heavy atom. The Morgan fingerprint density at radius 2 is 2.03 bits per heavy atom. The van der Waals surface area contributed by atoms with Crippen LogP contribution in [0.1, 0.15) is 16.9 Å². The van der Waals surface area contributed by atoms with Crippen LogP contribution in [0, 0.1) is 24.0 Å². The zero-order valence-electron chi connectivity index (χ0n) is 15.9. The fraction of sp³-hybridized carbons (Fsp3) is 0.143. The summed E-state index contributed by atoms with van der Waals surface area (Å²) < 4.78 is 11.1. The number of benzene rings is 2. The lowest BCUT2D eigenvalue weighted by atomic mass is 10.1. The number of ether oxygens (including phenoxy) is 1. The highest BCUT2D eigenvalue weighted by Gasteiger charge is 2.10. The first-order valence-electron chi connectivity index (χ1n) is 8.79. The number of hydrazone groups is 1. The van der Waals surface area contributed by atoms with Crippen LogP contribution in [-0.4, -0.2) is 23.7 Å². The number of carbonyl (C=O) groups excluding carboxylic acids is 1. The average Bonchev–Trinajstić information content (AvgIpc) is 3.18. The van der Waals surface area contributed by atoms with Gasteiger partial charge < -0.3 is 9.15 Å². The van der Waals surface area contributed by atoms with Gasteiger partial charge in [-0.2, -0.15) is 5.10 Å². The van der Waals surface area contributed by atoms with Crippen LogP contribution >= 0.6 is 0 Å². The summed E-state index contributed by atoms with van der Waals surface area (Å²) in [5, 5.41) is 14.7. The van der Waals surface area contributed by atoms with Gasteiger partial charge in [0.1, 0.15) is 17.3 Å². The van der Waals surface area contributed by atoms with Crippen LogP contribution in [-0.2, 0) is 4.79 Å². The number of nitro groups is 1. The van der Waals surface area contributed by atoms with Gasteiger partial charge in [0.05, 0.1) is 11.1 Å². The van der Waals surface area contributed by atoms with Gasteiger partial charge in [-0.25, -0.2) is 5.43 Å². The molecule has 3 rings (SSSR count). The van der Waals surface area contributed by atoms with Crippen LogP contribution in [0.3, 0.4) is 0 Å². The molecule has 0 aliphatic carbocycles. The second-order valence-corrected chi connectivity index (χ2v) is 6.36. The van der Waals surface area contributed by atoms with Gasteiger partial charge >= 0.3 is 0 Å². The first-order valence-corrected chi connectivity index (χ1v) is 8.79. The predicted molar refractivity (Wildman–Crippen MR) is 108 cm³/mol. The minimum Gasteiger partial charge on any atom is -0.483 e. The van der Waals surface area contributed by atoms with E-state index in [0.717, 1.165) is 11.1 Å². The summed E-state index contributed by atoms with van der Waals surface area (Å²) in [4.78, 5) is 22.3. The molecule has 0 saturated carbocycles. The van der Waals surface area contributed by atoms with Crippen molar-refractivity contribution in [3.63, 3.8) is 0 Å². The van der Waals surface area contributed by atoms with Crippen molar-refractivity contribution < 1.29 is 18.9 Å². The SMILES string of the molecule is Cc1ccc(C)c(OCC(=O)N/N=C/c2ccc(-c3cccc([N+](=O)[O-])c3)o2)c1. The van der Waals surface area contributed by atoms with Crippen LogP contribution in [0.25, 0.3) is 11.3 Å². The minimum absolute atomic E-state index is 0.0229. The highest BCUT2D eigenvalue weighted by atomic mass is 16.6. The maximum Gasteiger partial charge on any atom is 0.277 e. The van der Waals surface area contributed by atoms with E-state index in [4.69, 9.17) is 9.15 Å². The lowest BCUT2D eigenvalue weighted by Gasteiger charge is -2.08. The van der Waals surface area contributed by atoms with Gasteiger partial charge in [-0.15, -0.1) is 0 Å². The molecular formula is C21H19N3O5. The van der Waals surface area contributed by atoms with Crippen molar-refractivity contribution in [1.29, 1.82) is 0 Å². The van der Waals surface area contributed by atoms with Crippen LogP contribution in [0.2, 0.25) is 0 Å². The second kappa shape index (κ2) is 8.83. The average molecular weight is 393 g/mol. The highest BCUT2D eigenvalue weighted by molar-refractivity contribution is 5.81. The van der Waals surface area contributed by atoms with Gasteiger partial charge in [0.15, 0.2) is 6.61 Å². The molecule has 8 nitrogen and oxygen atoms in total. The van der Waals surface area contributed by atoms with Crippen LogP contribution in [0.4, 0.5) is 5.69 Å². The van der Waals surface area contributed by atoms with Gasteiger partial charge in [0.2, 0.25) is 0 Å². The van der Waals surface area contributed by atoms with E-state index in [0.29, 0.717) is 22.8 Å². The summed E-state index contributed by atoms with van der Waals surface area (Å²) in [6.45, 7) is 3.68. The van der Waals surface area contributed by atoms with Crippen LogP contribution < -0.4 is 10.2 Å². The number of aryl methyl sites for hydroxylation is 2. The summed E-state index contributed by atoms with van der Waals surface area (Å²) in [5.41, 5.74) is 4.90. The van der Waals surface area contributed by atoms with Gasteiger partial charge in [-0.3, -0.25) is 14.9 Å². The minimum atomic E-state index is -0.468. The number of amides is 1. The summed E-state index contributed by atoms with van der Waals surface area (Å²) in [6.07, 6.45) is 1.34. The lowest BCUT2D eigenvalue weighted by Crippen LogP contribution is -2.24. The molecule has 8 heteroatoms. The van der Waals surface area contributed by atoms with E-state index in [9.17, 15) is 14.9 Å². The maximum atomic E-state index is 11.9. The fourth-order valence-electron chi connectivity index (χ4n) is 2.56. The van der Waals surface area contributed by atoms with Crippen LogP contribution in [0.5, 0.6) is 5.75 Å². The number of furan rings is 1. The van der Waals surface area contributed by atoms with Gasteiger partial charge in [-0.1, -0.05) is 24.3 Å². The number of non-ortho nitro benzene ring substituents is 1. The Hall–Kier alpha value is -3.94. The Balaban J connectivity index is 1.56. The molecule has 2 aromatic carbocycles. The molecule has 148 valence electrons.